The van der Waals surface area contributed by atoms with E-state index < -0.39 is 0 Å². The minimum absolute atomic E-state index is 0.0181. The lowest BCUT2D eigenvalue weighted by atomic mass is 9.99. The highest BCUT2D eigenvalue weighted by molar-refractivity contribution is 5.99. The van der Waals surface area contributed by atoms with Crippen LogP contribution in [-0.2, 0) is 4.79 Å². The van der Waals surface area contributed by atoms with Crippen LogP contribution in [-0.4, -0.2) is 58.9 Å². The Morgan fingerprint density at radius 2 is 1.85 bits per heavy atom. The Hall–Kier alpha value is -1.88. The smallest absolute Gasteiger partial charge is 0.322 e. The summed E-state index contributed by atoms with van der Waals surface area (Å²) in [6.45, 7) is 6.10. The Bertz CT molecular complexity index is 627. The van der Waals surface area contributed by atoms with Crippen molar-refractivity contribution in [1.29, 1.82) is 0 Å². The lowest BCUT2D eigenvalue weighted by Gasteiger charge is -2.32. The summed E-state index contributed by atoms with van der Waals surface area (Å²) in [4.78, 5) is 32.0. The van der Waals surface area contributed by atoms with Crippen molar-refractivity contribution >= 4 is 11.9 Å². The fourth-order valence-corrected chi connectivity index (χ4v) is 4.27. The number of rotatable bonds is 6. The highest BCUT2D eigenvalue weighted by atomic mass is 16.2. The Morgan fingerprint density at radius 1 is 1.19 bits per heavy atom. The van der Waals surface area contributed by atoms with E-state index >= 15 is 0 Å². The molecule has 2 saturated heterocycles. The van der Waals surface area contributed by atoms with Crippen molar-refractivity contribution < 1.29 is 9.59 Å². The summed E-state index contributed by atoms with van der Waals surface area (Å²) in [5.41, 5.74) is 1.03. The van der Waals surface area contributed by atoms with Gasteiger partial charge in [-0.15, -0.1) is 0 Å². The normalized spacial score (nSPS) is 25.1. The second-order valence-electron chi connectivity index (χ2n) is 7.60. The van der Waals surface area contributed by atoms with E-state index in [4.69, 9.17) is 0 Å². The molecule has 3 atom stereocenters. The average molecular weight is 357 g/mol. The number of likely N-dealkylation sites (tertiary alicyclic amines) is 1. The van der Waals surface area contributed by atoms with Gasteiger partial charge in [-0.2, -0.15) is 0 Å². The molecule has 2 aliphatic rings. The predicted molar refractivity (Wildman–Crippen MR) is 103 cm³/mol. The molecule has 0 unspecified atom stereocenters. The van der Waals surface area contributed by atoms with Crippen molar-refractivity contribution in [2.24, 2.45) is 0 Å². The van der Waals surface area contributed by atoms with Crippen LogP contribution in [0.25, 0.3) is 0 Å². The molecule has 0 spiro atoms. The van der Waals surface area contributed by atoms with E-state index in [1.165, 1.54) is 0 Å². The van der Waals surface area contributed by atoms with E-state index in [9.17, 15) is 9.59 Å². The second kappa shape index (κ2) is 8.21. The Morgan fingerprint density at radius 3 is 2.46 bits per heavy atom. The van der Waals surface area contributed by atoms with Crippen LogP contribution in [0.15, 0.2) is 30.3 Å². The van der Waals surface area contributed by atoms with Gasteiger partial charge in [0.2, 0.25) is 5.91 Å². The topological polar surface area (TPSA) is 43.9 Å². The summed E-state index contributed by atoms with van der Waals surface area (Å²) in [6, 6.07) is 9.37. The summed E-state index contributed by atoms with van der Waals surface area (Å²) in [5, 5.41) is 0. The number of unbranched alkanes of at least 4 members (excludes halogenated alkanes) is 1. The molecule has 2 fully saturated rings. The molecule has 0 radical (unpaired) electrons. The summed E-state index contributed by atoms with van der Waals surface area (Å²) < 4.78 is 0. The minimum Gasteiger partial charge on any atom is -0.322 e. The molecule has 2 aliphatic heterocycles. The maximum Gasteiger partial charge on any atom is 0.327 e. The predicted octanol–water partition coefficient (Wildman–Crippen LogP) is 3.66. The molecule has 26 heavy (non-hydrogen) atoms. The van der Waals surface area contributed by atoms with Crippen molar-refractivity contribution in [3.05, 3.63) is 35.9 Å². The number of hydrogen-bond donors (Lipinski definition) is 0. The van der Waals surface area contributed by atoms with Crippen LogP contribution >= 0.6 is 0 Å². The average Bonchev–Trinajstić information content (AvgIpc) is 3.26. The largest absolute Gasteiger partial charge is 0.327 e. The first-order valence-electron chi connectivity index (χ1n) is 9.95. The number of amides is 3. The monoisotopic (exact) mass is 357 g/mol. The maximum absolute atomic E-state index is 13.6. The van der Waals surface area contributed by atoms with Gasteiger partial charge in [0, 0.05) is 7.05 Å². The van der Waals surface area contributed by atoms with Crippen LogP contribution in [0.1, 0.15) is 57.6 Å². The number of hydrogen-bond acceptors (Lipinski definition) is 3. The van der Waals surface area contributed by atoms with E-state index in [1.54, 1.807) is 16.8 Å². The molecule has 142 valence electrons. The Kier molecular flexibility index (Phi) is 5.97. The number of urea groups is 1. The number of nitrogens with zero attached hydrogens (tertiary/aromatic N) is 3. The van der Waals surface area contributed by atoms with Gasteiger partial charge in [-0.05, 0) is 44.8 Å². The minimum atomic E-state index is -0.215. The second-order valence-corrected chi connectivity index (χ2v) is 7.60. The first-order valence-corrected chi connectivity index (χ1v) is 9.95. The fourth-order valence-electron chi connectivity index (χ4n) is 4.27. The van der Waals surface area contributed by atoms with Crippen LogP contribution in [0, 0.1) is 0 Å². The van der Waals surface area contributed by atoms with Gasteiger partial charge in [-0.3, -0.25) is 14.6 Å². The zero-order chi connectivity index (χ0) is 18.7. The Balaban J connectivity index is 1.91. The van der Waals surface area contributed by atoms with Crippen molar-refractivity contribution in [3.8, 4) is 0 Å². The number of likely N-dealkylation sites (N-methyl/N-ethyl adjacent to an activating group) is 1. The van der Waals surface area contributed by atoms with Gasteiger partial charge in [-0.25, -0.2) is 4.79 Å². The number of benzene rings is 1. The number of carbonyl (C=O) groups is 2. The van der Waals surface area contributed by atoms with Gasteiger partial charge < -0.3 is 4.90 Å². The first kappa shape index (κ1) is 18.9. The van der Waals surface area contributed by atoms with E-state index in [-0.39, 0.29) is 30.1 Å². The standard InChI is InChI=1S/C21H31N3O2/c1-4-5-13-18(23-14-9-10-15-23)20(25)24-19(16(2)22(3)21(24)26)17-11-7-6-8-12-17/h6-8,11-12,16,18-19H,4-5,9-10,13-15H2,1-3H3/t16-,18+,19-/m0/s1. The van der Waals surface area contributed by atoms with Gasteiger partial charge in [0.1, 0.15) is 0 Å². The molecule has 3 rings (SSSR count). The molecular formula is C21H31N3O2. The molecule has 5 nitrogen and oxygen atoms in total. The number of carbonyl (C=O) groups excluding carboxylic acids is 2. The zero-order valence-electron chi connectivity index (χ0n) is 16.2. The van der Waals surface area contributed by atoms with Crippen molar-refractivity contribution in [2.75, 3.05) is 20.1 Å². The summed E-state index contributed by atoms with van der Waals surface area (Å²) in [7, 11) is 1.80. The van der Waals surface area contributed by atoms with Crippen LogP contribution in [0.5, 0.6) is 0 Å². The van der Waals surface area contributed by atoms with E-state index in [0.29, 0.717) is 0 Å². The van der Waals surface area contributed by atoms with Crippen molar-refractivity contribution in [2.45, 2.75) is 64.1 Å². The van der Waals surface area contributed by atoms with Gasteiger partial charge >= 0.3 is 6.03 Å². The molecule has 0 saturated carbocycles. The molecule has 0 bridgehead atoms. The van der Waals surface area contributed by atoms with Crippen LogP contribution in [0.2, 0.25) is 0 Å². The molecule has 0 aromatic heterocycles. The molecular weight excluding hydrogens is 326 g/mol. The zero-order valence-corrected chi connectivity index (χ0v) is 16.2. The molecule has 1 aromatic carbocycles. The molecule has 5 heteroatoms. The molecule has 0 aliphatic carbocycles. The van der Waals surface area contributed by atoms with Crippen molar-refractivity contribution in [1.82, 2.24) is 14.7 Å². The Labute approximate surface area is 156 Å². The number of imide groups is 1. The first-order chi connectivity index (χ1) is 12.6. The third-order valence-corrected chi connectivity index (χ3v) is 5.93. The SMILES string of the molecule is CCCC[C@H](C(=O)N1C(=O)N(C)[C@@H](C)[C@H]1c1ccccc1)N1CCCC1. The highest BCUT2D eigenvalue weighted by Crippen LogP contribution is 2.36. The lowest BCUT2D eigenvalue weighted by Crippen LogP contribution is -2.49. The third-order valence-electron chi connectivity index (χ3n) is 5.93. The van der Waals surface area contributed by atoms with E-state index in [1.807, 2.05) is 37.3 Å². The van der Waals surface area contributed by atoms with Gasteiger partial charge in [0.25, 0.3) is 0 Å². The fraction of sp³-hybridized carbons (Fsp3) is 0.619. The van der Waals surface area contributed by atoms with Crippen LogP contribution in [0.3, 0.4) is 0 Å². The lowest BCUT2D eigenvalue weighted by molar-refractivity contribution is -0.135. The molecule has 2 heterocycles. The quantitative estimate of drug-likeness (QED) is 0.780. The van der Waals surface area contributed by atoms with Crippen LogP contribution < -0.4 is 0 Å². The highest BCUT2D eigenvalue weighted by Gasteiger charge is 2.48. The summed E-state index contributed by atoms with van der Waals surface area (Å²) in [6.07, 6.45) is 5.18. The van der Waals surface area contributed by atoms with Gasteiger partial charge in [0.05, 0.1) is 18.1 Å². The summed E-state index contributed by atoms with van der Waals surface area (Å²) >= 11 is 0. The van der Waals surface area contributed by atoms with Gasteiger partial charge in [0.15, 0.2) is 0 Å². The summed E-state index contributed by atoms with van der Waals surface area (Å²) in [5.74, 6) is -0.0181. The van der Waals surface area contributed by atoms with E-state index in [2.05, 4.69) is 11.8 Å². The molecule has 0 N–H and O–H groups in total. The molecule has 1 aromatic rings. The maximum atomic E-state index is 13.6. The third kappa shape index (κ3) is 3.50. The van der Waals surface area contributed by atoms with Crippen molar-refractivity contribution in [3.63, 3.8) is 0 Å². The van der Waals surface area contributed by atoms with Gasteiger partial charge in [-0.1, -0.05) is 50.1 Å². The van der Waals surface area contributed by atoms with Crippen LogP contribution in [0.4, 0.5) is 4.79 Å². The van der Waals surface area contributed by atoms with E-state index in [0.717, 1.165) is 50.8 Å². The molecule has 3 amide bonds.